The summed E-state index contributed by atoms with van der Waals surface area (Å²) in [7, 11) is -4.88. The molecule has 4 heterocycles. The summed E-state index contributed by atoms with van der Waals surface area (Å²) in [6, 6.07) is 7.52. The van der Waals surface area contributed by atoms with Crippen molar-refractivity contribution in [1.29, 1.82) is 10.5 Å². The molecule has 14 nitrogen and oxygen atoms in total. The van der Waals surface area contributed by atoms with E-state index in [0.29, 0.717) is 24.1 Å². The Morgan fingerprint density at radius 2 is 1.67 bits per heavy atom. The Morgan fingerprint density at radius 1 is 1.02 bits per heavy atom. The second kappa shape index (κ2) is 19.0. The maximum atomic E-state index is 14.2. The van der Waals surface area contributed by atoms with Crippen LogP contribution in [0.1, 0.15) is 141 Å². The molecule has 0 aromatic heterocycles. The van der Waals surface area contributed by atoms with E-state index < -0.39 is 54.5 Å². The minimum Gasteiger partial charge on any atom is -0.382 e. The topological polar surface area (TPSA) is 194 Å². The molecule has 1 spiro atoms. The number of unbranched alkanes of at least 4 members (excludes halogenated alkanes) is 14. The fraction of sp³-hybridized carbons (Fsp3) is 0.714. The lowest BCUT2D eigenvalue weighted by molar-refractivity contribution is -0.195. The molecule has 1 aromatic carbocycles. The van der Waals surface area contributed by atoms with Gasteiger partial charge in [-0.05, 0) is 50.5 Å². The van der Waals surface area contributed by atoms with E-state index >= 15 is 0 Å². The molecule has 7 atom stereocenters. The Hall–Kier alpha value is -3.24. The lowest BCUT2D eigenvalue weighted by Gasteiger charge is -2.40. The second-order valence-electron chi connectivity index (χ2n) is 16.7. The Labute approximate surface area is 342 Å². The molecule has 0 radical (unpaired) electrons. The number of hydrogen-bond acceptors (Lipinski definition) is 13. The van der Waals surface area contributed by atoms with Crippen molar-refractivity contribution in [3.63, 3.8) is 0 Å². The van der Waals surface area contributed by atoms with Crippen LogP contribution in [0.5, 0.6) is 0 Å². The molecule has 0 bridgehead atoms. The van der Waals surface area contributed by atoms with Gasteiger partial charge in [0.25, 0.3) is 0 Å². The summed E-state index contributed by atoms with van der Waals surface area (Å²) in [4.78, 5) is 15.3. The predicted octanol–water partition coefficient (Wildman–Crippen LogP) is 8.19. The van der Waals surface area contributed by atoms with Crippen LogP contribution in [0.25, 0.3) is 0 Å². The van der Waals surface area contributed by atoms with E-state index in [0.717, 1.165) is 31.7 Å². The average molecular weight is 827 g/mol. The summed E-state index contributed by atoms with van der Waals surface area (Å²) in [6.07, 6.45) is 20.4. The molecule has 1 aliphatic carbocycles. The van der Waals surface area contributed by atoms with Gasteiger partial charge in [0.2, 0.25) is 5.60 Å². The van der Waals surface area contributed by atoms with Gasteiger partial charge >= 0.3 is 7.82 Å². The lowest BCUT2D eigenvalue weighted by Crippen LogP contribution is -2.59. The van der Waals surface area contributed by atoms with Crippen LogP contribution in [0.3, 0.4) is 0 Å². The maximum absolute atomic E-state index is 14.2. The zero-order chi connectivity index (χ0) is 41.4. The van der Waals surface area contributed by atoms with Gasteiger partial charge < -0.3 is 29.6 Å². The number of amidine groups is 1. The smallest absolute Gasteiger partial charge is 0.382 e. The van der Waals surface area contributed by atoms with E-state index in [1.54, 1.807) is 18.9 Å². The normalized spacial score (nSPS) is 29.1. The van der Waals surface area contributed by atoms with Crippen molar-refractivity contribution in [2.75, 3.05) is 13.2 Å². The lowest BCUT2D eigenvalue weighted by atomic mass is 9.85. The highest BCUT2D eigenvalue weighted by atomic mass is 31.2. The van der Waals surface area contributed by atoms with Crippen molar-refractivity contribution in [2.24, 2.45) is 15.8 Å². The van der Waals surface area contributed by atoms with Crippen molar-refractivity contribution in [3.05, 3.63) is 46.9 Å². The number of benzene rings is 1. The number of phosphoric acid groups is 1. The molecule has 2 saturated heterocycles. The first-order chi connectivity index (χ1) is 27.9. The molecule has 1 saturated carbocycles. The van der Waals surface area contributed by atoms with Crippen molar-refractivity contribution in [1.82, 2.24) is 5.01 Å². The molecule has 318 valence electrons. The van der Waals surface area contributed by atoms with Crippen molar-refractivity contribution >= 4 is 20.0 Å². The minimum absolute atomic E-state index is 0.0404. The van der Waals surface area contributed by atoms with Crippen LogP contribution in [0.4, 0.5) is 4.39 Å². The van der Waals surface area contributed by atoms with Crippen LogP contribution in [-0.4, -0.2) is 76.1 Å². The maximum Gasteiger partial charge on any atom is 0.472 e. The van der Waals surface area contributed by atoms with Crippen molar-refractivity contribution in [2.45, 2.75) is 177 Å². The molecular weight excluding hydrogens is 766 g/mol. The Morgan fingerprint density at radius 3 is 2.31 bits per heavy atom. The third kappa shape index (κ3) is 9.38. The number of nitrogens with zero attached hydrogens (tertiary/aromatic N) is 5. The van der Waals surface area contributed by atoms with Crippen LogP contribution in [-0.2, 0) is 39.2 Å². The molecule has 3 N–H and O–H groups in total. The zero-order valence-corrected chi connectivity index (χ0v) is 35.1. The van der Waals surface area contributed by atoms with Gasteiger partial charge in [0, 0.05) is 0 Å². The predicted molar refractivity (Wildman–Crippen MR) is 214 cm³/mol. The molecule has 1 aromatic rings. The highest BCUT2D eigenvalue weighted by Crippen LogP contribution is 2.75. The summed E-state index contributed by atoms with van der Waals surface area (Å²) in [5.41, 5.74) is 2.61. The van der Waals surface area contributed by atoms with Gasteiger partial charge in [-0.1, -0.05) is 109 Å². The molecule has 0 amide bonds. The molecule has 5 aliphatic rings. The van der Waals surface area contributed by atoms with Crippen LogP contribution in [0.15, 0.2) is 40.1 Å². The van der Waals surface area contributed by atoms with E-state index in [2.05, 4.69) is 23.1 Å². The number of ether oxygens (including phenoxy) is 4. The van der Waals surface area contributed by atoms with Gasteiger partial charge in [-0.2, -0.15) is 15.6 Å². The van der Waals surface area contributed by atoms with Gasteiger partial charge in [0.05, 0.1) is 49.3 Å². The van der Waals surface area contributed by atoms with E-state index in [9.17, 15) is 24.4 Å². The number of aliphatic imine (C=N–C) groups is 1. The highest BCUT2D eigenvalue weighted by Gasteiger charge is 2.99. The number of phosphoric ester groups is 1. The summed E-state index contributed by atoms with van der Waals surface area (Å²) < 4.78 is 64.6. The first kappa shape index (κ1) is 44.3. The summed E-state index contributed by atoms with van der Waals surface area (Å²) in [5, 5.41) is 25.9. The molecule has 3 fully saturated rings. The summed E-state index contributed by atoms with van der Waals surface area (Å²) >= 11 is 0. The molecule has 5 unspecified atom stereocenters. The number of nitrogens with two attached hydrogens (primary N) is 1. The highest BCUT2D eigenvalue weighted by molar-refractivity contribution is 7.47. The number of fused-ring (bicyclic) bond motifs is 1. The number of rotatable bonds is 25. The zero-order valence-electron chi connectivity index (χ0n) is 34.2. The molecule has 6 rings (SSSR count). The monoisotopic (exact) mass is 826 g/mol. The average Bonchev–Trinajstić information content (AvgIpc) is 3.51. The summed E-state index contributed by atoms with van der Waals surface area (Å²) in [6.45, 7) is 5.21. The fourth-order valence-electron chi connectivity index (χ4n) is 9.20. The molecule has 4 aliphatic heterocycles. The van der Waals surface area contributed by atoms with Crippen LogP contribution in [0, 0.1) is 28.5 Å². The first-order valence-corrected chi connectivity index (χ1v) is 22.6. The fourth-order valence-corrected chi connectivity index (χ4v) is 10.2. The number of hydrogen-bond donors (Lipinski definition) is 2. The van der Waals surface area contributed by atoms with Gasteiger partial charge in [-0.25, -0.2) is 13.9 Å². The third-order valence-corrected chi connectivity index (χ3v) is 12.9. The minimum atomic E-state index is -4.88. The molecule has 16 heteroatoms. The van der Waals surface area contributed by atoms with E-state index in [1.807, 2.05) is 12.1 Å². The van der Waals surface area contributed by atoms with Gasteiger partial charge in [-0.15, -0.1) is 0 Å². The SMILES string of the molecule is CCCCCCCCCCCCCCCCC[C@H](COP(=O)(O)OC1C23OC(C)(C)OC2(C2CC=C4C(N)=NC=NN42)CO[C@]13C#N)OCc1cc(F)cc(C#N)c1. The van der Waals surface area contributed by atoms with E-state index in [1.165, 1.54) is 89.1 Å². The Bertz CT molecular complexity index is 1830. The quantitative estimate of drug-likeness (QED) is 0.0710. The number of halogens is 1. The third-order valence-electron chi connectivity index (χ3n) is 12.0. The Kier molecular flexibility index (Phi) is 14.5. The molecular formula is C42H60FN6O8P. The van der Waals surface area contributed by atoms with Gasteiger partial charge in [-0.3, -0.25) is 14.1 Å². The van der Waals surface area contributed by atoms with Gasteiger partial charge in [0.15, 0.2) is 28.9 Å². The van der Waals surface area contributed by atoms with Crippen LogP contribution >= 0.6 is 7.82 Å². The van der Waals surface area contributed by atoms with E-state index in [4.69, 9.17) is 33.7 Å². The first-order valence-electron chi connectivity index (χ1n) is 21.1. The van der Waals surface area contributed by atoms with Crippen LogP contribution in [0.2, 0.25) is 0 Å². The van der Waals surface area contributed by atoms with Crippen molar-refractivity contribution < 1.29 is 41.8 Å². The largest absolute Gasteiger partial charge is 0.472 e. The Balaban J connectivity index is 1.03. The second-order valence-corrected chi connectivity index (χ2v) is 18.1. The molecule has 58 heavy (non-hydrogen) atoms. The van der Waals surface area contributed by atoms with Gasteiger partial charge in [0.1, 0.15) is 18.2 Å². The van der Waals surface area contributed by atoms with E-state index in [-0.39, 0.29) is 31.2 Å². The van der Waals surface area contributed by atoms with Crippen LogP contribution < -0.4 is 5.73 Å². The standard InChI is InChI=1S/C42H60FN6O8P/c1-4-5-6-7-8-9-10-11-12-13-14-15-16-17-18-19-34(52-26-32-22-31(25-44)23-33(43)24-32)27-54-58(50,51)55-38-40(28-45)42(38)41(29-53-40,56-39(2,3)57-42)36-21-20-35-37(46)47-30-48-49(35)36/h20,22-24,30,34,36,38H,4-19,21,26-27,29H2,1-3H3,(H,50,51)(H2,46,47,48)/t34-,36?,38?,40-,41?,42?/m1/s1. The van der Waals surface area contributed by atoms with Crippen molar-refractivity contribution in [3.8, 4) is 12.1 Å². The summed E-state index contributed by atoms with van der Waals surface area (Å²) in [5.74, 6) is -1.51. The number of hydrazone groups is 1. The number of nitriles is 2.